The summed E-state index contributed by atoms with van der Waals surface area (Å²) in [5, 5.41) is 0. The maximum absolute atomic E-state index is 12.3. The molecule has 100 valence electrons. The highest BCUT2D eigenvalue weighted by molar-refractivity contribution is 6.00. The van der Waals surface area contributed by atoms with Crippen LogP contribution in [0.3, 0.4) is 0 Å². The lowest BCUT2D eigenvalue weighted by Gasteiger charge is -2.04. The van der Waals surface area contributed by atoms with Gasteiger partial charge in [-0.2, -0.15) is 13.2 Å². The van der Waals surface area contributed by atoms with Gasteiger partial charge in [-0.05, 0) is 25.1 Å². The Hall–Kier alpha value is -2.11. The number of ketones is 1. The maximum Gasteiger partial charge on any atom is 0.454 e. The zero-order valence-electron chi connectivity index (χ0n) is 10.1. The molecule has 0 saturated heterocycles. The molecule has 0 aliphatic carbocycles. The van der Waals surface area contributed by atoms with Crippen molar-refractivity contribution in [1.29, 1.82) is 0 Å². The van der Waals surface area contributed by atoms with Gasteiger partial charge < -0.3 is 4.57 Å². The molecule has 0 aliphatic rings. The van der Waals surface area contributed by atoms with Gasteiger partial charge in [0, 0.05) is 23.7 Å². The number of carbonyl (C=O) groups excluding carboxylic acids is 1. The fraction of sp³-hybridized carbons (Fsp3) is 0.231. The third-order valence-electron chi connectivity index (χ3n) is 2.56. The summed E-state index contributed by atoms with van der Waals surface area (Å²) in [7, 11) is 0. The number of Topliss-reactive ketones (excluding diaryl/α,β-unsaturated/α-hetero) is 1. The van der Waals surface area contributed by atoms with Crippen molar-refractivity contribution in [2.24, 2.45) is 0 Å². The van der Waals surface area contributed by atoms with Gasteiger partial charge >= 0.3 is 6.18 Å². The Morgan fingerprint density at radius 3 is 2.68 bits per heavy atom. The number of alkyl halides is 3. The highest BCUT2D eigenvalue weighted by Crippen LogP contribution is 2.21. The van der Waals surface area contributed by atoms with Gasteiger partial charge in [-0.1, -0.05) is 6.07 Å². The maximum atomic E-state index is 12.3. The minimum atomic E-state index is -4.84. The van der Waals surface area contributed by atoms with Crippen molar-refractivity contribution in [1.82, 2.24) is 9.55 Å². The molecule has 0 fully saturated rings. The van der Waals surface area contributed by atoms with Gasteiger partial charge in [0.05, 0.1) is 12.2 Å². The first-order valence-electron chi connectivity index (χ1n) is 5.56. The van der Waals surface area contributed by atoms with Crippen molar-refractivity contribution in [3.63, 3.8) is 0 Å². The quantitative estimate of drug-likeness (QED) is 0.802. The van der Waals surface area contributed by atoms with Crippen LogP contribution in [0.15, 0.2) is 36.7 Å². The number of rotatable bonds is 3. The fourth-order valence-electron chi connectivity index (χ4n) is 1.71. The van der Waals surface area contributed by atoms with Crippen LogP contribution in [0.4, 0.5) is 13.2 Å². The van der Waals surface area contributed by atoms with Gasteiger partial charge in [0.25, 0.3) is 5.78 Å². The summed E-state index contributed by atoms with van der Waals surface area (Å²) in [6, 6.07) is 6.59. The predicted octanol–water partition coefficient (Wildman–Crippen LogP) is 2.98. The minimum Gasteiger partial charge on any atom is -0.348 e. The van der Waals surface area contributed by atoms with Gasteiger partial charge in [0.15, 0.2) is 0 Å². The lowest BCUT2D eigenvalue weighted by molar-refractivity contribution is -0.0885. The average Bonchev–Trinajstić information content (AvgIpc) is 2.75. The summed E-state index contributed by atoms with van der Waals surface area (Å²) in [6.45, 7) is 2.16. The Bertz CT molecular complexity index is 602. The van der Waals surface area contributed by atoms with E-state index in [1.54, 1.807) is 6.07 Å². The van der Waals surface area contributed by atoms with Gasteiger partial charge in [-0.3, -0.25) is 9.78 Å². The third-order valence-corrected chi connectivity index (χ3v) is 2.56. The molecule has 0 radical (unpaired) electrons. The second kappa shape index (κ2) is 4.87. The van der Waals surface area contributed by atoms with E-state index in [1.807, 2.05) is 19.1 Å². The molecule has 19 heavy (non-hydrogen) atoms. The van der Waals surface area contributed by atoms with E-state index in [-0.39, 0.29) is 5.56 Å². The Balaban J connectivity index is 2.16. The van der Waals surface area contributed by atoms with Crippen LogP contribution < -0.4 is 0 Å². The van der Waals surface area contributed by atoms with Crippen LogP contribution in [-0.4, -0.2) is 21.5 Å². The van der Waals surface area contributed by atoms with Crippen molar-refractivity contribution < 1.29 is 18.0 Å². The topological polar surface area (TPSA) is 34.9 Å². The van der Waals surface area contributed by atoms with E-state index in [2.05, 4.69) is 4.98 Å². The highest BCUT2D eigenvalue weighted by Gasteiger charge is 2.39. The summed E-state index contributed by atoms with van der Waals surface area (Å²) < 4.78 is 38.3. The minimum absolute atomic E-state index is 0.326. The highest BCUT2D eigenvalue weighted by atomic mass is 19.4. The van der Waals surface area contributed by atoms with Crippen molar-refractivity contribution in [3.8, 4) is 0 Å². The summed E-state index contributed by atoms with van der Waals surface area (Å²) in [6.07, 6.45) is -2.23. The molecule has 2 aromatic rings. The number of nitrogens with zero attached hydrogens (tertiary/aromatic N) is 2. The molecule has 2 rings (SSSR count). The molecular weight excluding hydrogens is 257 g/mol. The Labute approximate surface area is 107 Å². The monoisotopic (exact) mass is 268 g/mol. The summed E-state index contributed by atoms with van der Waals surface area (Å²) in [5.74, 6) is -1.83. The zero-order valence-corrected chi connectivity index (χ0v) is 10.1. The van der Waals surface area contributed by atoms with Crippen LogP contribution in [0, 0.1) is 6.92 Å². The molecule has 3 nitrogen and oxygen atoms in total. The molecule has 0 bridgehead atoms. The molecule has 0 aromatic carbocycles. The molecule has 0 atom stereocenters. The number of hydrogen-bond donors (Lipinski definition) is 0. The van der Waals surface area contributed by atoms with Crippen LogP contribution in [-0.2, 0) is 6.54 Å². The van der Waals surface area contributed by atoms with E-state index in [0.717, 1.165) is 17.5 Å². The van der Waals surface area contributed by atoms with E-state index in [0.29, 0.717) is 6.54 Å². The third kappa shape index (κ3) is 3.21. The summed E-state index contributed by atoms with van der Waals surface area (Å²) in [4.78, 5) is 15.3. The molecule has 0 saturated carbocycles. The number of aryl methyl sites for hydroxylation is 1. The Morgan fingerprint density at radius 2 is 2.05 bits per heavy atom. The smallest absolute Gasteiger partial charge is 0.348 e. The molecule has 0 spiro atoms. The fourth-order valence-corrected chi connectivity index (χ4v) is 1.71. The van der Waals surface area contributed by atoms with Crippen LogP contribution in [0.5, 0.6) is 0 Å². The van der Waals surface area contributed by atoms with E-state index in [1.165, 1.54) is 17.0 Å². The molecule has 0 amide bonds. The first-order chi connectivity index (χ1) is 8.86. The predicted molar refractivity (Wildman–Crippen MR) is 62.9 cm³/mol. The molecule has 0 aliphatic heterocycles. The van der Waals surface area contributed by atoms with E-state index >= 15 is 0 Å². The molecule has 2 heterocycles. The molecule has 0 N–H and O–H groups in total. The van der Waals surface area contributed by atoms with Crippen LogP contribution in [0.1, 0.15) is 21.7 Å². The van der Waals surface area contributed by atoms with E-state index < -0.39 is 12.0 Å². The normalized spacial score (nSPS) is 11.6. The lowest BCUT2D eigenvalue weighted by atomic mass is 10.2. The number of aromatic nitrogens is 2. The SMILES string of the molecule is Cc1cccc(Cn2ccc(C(=O)C(F)(F)F)c2)n1. The van der Waals surface area contributed by atoms with Crippen LogP contribution in [0.25, 0.3) is 0 Å². The molecular formula is C13H11F3N2O. The standard InChI is InChI=1S/C13H11F3N2O/c1-9-3-2-4-11(17-9)8-18-6-5-10(7-18)12(19)13(14,15)16/h2-7H,8H2,1H3. The summed E-state index contributed by atoms with van der Waals surface area (Å²) in [5.41, 5.74) is 1.19. The van der Waals surface area contributed by atoms with Crippen molar-refractivity contribution in [2.75, 3.05) is 0 Å². The molecule has 2 aromatic heterocycles. The van der Waals surface area contributed by atoms with E-state index in [4.69, 9.17) is 0 Å². The Kier molecular flexibility index (Phi) is 3.42. The van der Waals surface area contributed by atoms with Gasteiger partial charge in [0.1, 0.15) is 0 Å². The number of pyridine rings is 1. The number of hydrogen-bond acceptors (Lipinski definition) is 2. The second-order valence-electron chi connectivity index (χ2n) is 4.17. The van der Waals surface area contributed by atoms with Gasteiger partial charge in [-0.25, -0.2) is 0 Å². The zero-order chi connectivity index (χ0) is 14.0. The molecule has 0 unspecified atom stereocenters. The first-order valence-corrected chi connectivity index (χ1v) is 5.56. The number of halogens is 3. The van der Waals surface area contributed by atoms with Crippen molar-refractivity contribution >= 4 is 5.78 Å². The second-order valence-corrected chi connectivity index (χ2v) is 4.17. The van der Waals surface area contributed by atoms with Crippen LogP contribution >= 0.6 is 0 Å². The average molecular weight is 268 g/mol. The van der Waals surface area contributed by atoms with Gasteiger partial charge in [-0.15, -0.1) is 0 Å². The van der Waals surface area contributed by atoms with Crippen LogP contribution in [0.2, 0.25) is 0 Å². The van der Waals surface area contributed by atoms with Gasteiger partial charge in [0.2, 0.25) is 0 Å². The summed E-state index contributed by atoms with van der Waals surface area (Å²) >= 11 is 0. The van der Waals surface area contributed by atoms with E-state index in [9.17, 15) is 18.0 Å². The lowest BCUT2D eigenvalue weighted by Crippen LogP contribution is -2.22. The first kappa shape index (κ1) is 13.3. The van der Waals surface area contributed by atoms with Crippen molar-refractivity contribution in [3.05, 3.63) is 53.6 Å². The Morgan fingerprint density at radius 1 is 1.32 bits per heavy atom. The number of carbonyl (C=O) groups is 1. The van der Waals surface area contributed by atoms with Crippen molar-refractivity contribution in [2.45, 2.75) is 19.6 Å². The largest absolute Gasteiger partial charge is 0.454 e. The molecule has 6 heteroatoms.